The molecule has 1 aromatic carbocycles. The molecule has 0 spiro atoms. The highest BCUT2D eigenvalue weighted by Gasteiger charge is 2.26. The number of rotatable bonds is 6. The maximum atomic E-state index is 11.6. The lowest BCUT2D eigenvalue weighted by atomic mass is 10.2. The zero-order valence-electron chi connectivity index (χ0n) is 12.1. The van der Waals surface area contributed by atoms with Crippen molar-refractivity contribution in [2.75, 3.05) is 11.9 Å². The van der Waals surface area contributed by atoms with Gasteiger partial charge in [-0.15, -0.1) is 0 Å². The number of aromatic amines is 1. The molecule has 0 amide bonds. The summed E-state index contributed by atoms with van der Waals surface area (Å²) in [5.74, 6) is 2.71. The second kappa shape index (κ2) is 5.99. The molecule has 5 nitrogen and oxygen atoms in total. The van der Waals surface area contributed by atoms with Crippen LogP contribution >= 0.6 is 0 Å². The first kappa shape index (κ1) is 13.7. The number of ether oxygens (including phenoxy) is 1. The Balaban J connectivity index is 1.69. The van der Waals surface area contributed by atoms with Crippen molar-refractivity contribution in [3.05, 3.63) is 52.1 Å². The number of hydrogen-bond donors (Lipinski definition) is 2. The summed E-state index contributed by atoms with van der Waals surface area (Å²) in [6.07, 6.45) is 2.23. The van der Waals surface area contributed by atoms with Crippen molar-refractivity contribution in [3.8, 4) is 5.75 Å². The fraction of sp³-hybridized carbons (Fsp3) is 0.375. The van der Waals surface area contributed by atoms with E-state index < -0.39 is 0 Å². The van der Waals surface area contributed by atoms with E-state index in [2.05, 4.69) is 15.3 Å². The lowest BCUT2D eigenvalue weighted by molar-refractivity contribution is 0.340. The molecule has 1 fully saturated rings. The normalized spacial score (nSPS) is 14.0. The van der Waals surface area contributed by atoms with Gasteiger partial charge in [-0.2, -0.15) is 0 Å². The molecule has 0 aliphatic heterocycles. The van der Waals surface area contributed by atoms with Crippen molar-refractivity contribution in [3.63, 3.8) is 0 Å². The van der Waals surface area contributed by atoms with Gasteiger partial charge in [-0.3, -0.25) is 4.79 Å². The third-order valence-corrected chi connectivity index (χ3v) is 3.41. The Hall–Kier alpha value is -2.30. The number of benzene rings is 1. The van der Waals surface area contributed by atoms with Crippen LogP contribution in [-0.4, -0.2) is 16.6 Å². The minimum Gasteiger partial charge on any atom is -0.494 e. The van der Waals surface area contributed by atoms with Gasteiger partial charge in [-0.05, 0) is 37.5 Å². The second-order valence-electron chi connectivity index (χ2n) is 5.22. The molecule has 0 unspecified atom stereocenters. The summed E-state index contributed by atoms with van der Waals surface area (Å²) >= 11 is 0. The maximum Gasteiger partial charge on any atom is 0.252 e. The topological polar surface area (TPSA) is 67.0 Å². The average Bonchev–Trinajstić information content (AvgIpc) is 3.30. The number of nitrogens with zero attached hydrogens (tertiary/aromatic N) is 1. The van der Waals surface area contributed by atoms with Gasteiger partial charge in [0.25, 0.3) is 5.56 Å². The monoisotopic (exact) mass is 285 g/mol. The predicted octanol–water partition coefficient (Wildman–Crippen LogP) is 2.66. The zero-order chi connectivity index (χ0) is 14.7. The Labute approximate surface area is 123 Å². The molecule has 21 heavy (non-hydrogen) atoms. The Morgan fingerprint density at radius 1 is 1.38 bits per heavy atom. The van der Waals surface area contributed by atoms with Crippen molar-refractivity contribution in [2.45, 2.75) is 32.2 Å². The highest BCUT2D eigenvalue weighted by molar-refractivity contribution is 5.37. The van der Waals surface area contributed by atoms with Crippen LogP contribution < -0.4 is 15.6 Å². The van der Waals surface area contributed by atoms with Crippen LogP contribution in [0.2, 0.25) is 0 Å². The third-order valence-electron chi connectivity index (χ3n) is 3.41. The van der Waals surface area contributed by atoms with E-state index in [1.165, 1.54) is 6.07 Å². The standard InChI is InChI=1S/C16H19N3O2/c1-2-21-13-5-3-4-11(8-13)10-17-14-9-15(20)19-16(18-14)12-6-7-12/h3-5,8-9,12H,2,6-7,10H2,1H3,(H2,17,18,19,20). The van der Waals surface area contributed by atoms with Crippen LogP contribution in [0.3, 0.4) is 0 Å². The minimum atomic E-state index is -0.0996. The van der Waals surface area contributed by atoms with Gasteiger partial charge in [0.2, 0.25) is 0 Å². The van der Waals surface area contributed by atoms with Gasteiger partial charge in [0.1, 0.15) is 17.4 Å². The van der Waals surface area contributed by atoms with E-state index in [0.717, 1.165) is 30.0 Å². The number of aromatic nitrogens is 2. The predicted molar refractivity (Wildman–Crippen MR) is 81.8 cm³/mol. The van der Waals surface area contributed by atoms with Gasteiger partial charge in [0.05, 0.1) is 6.61 Å². The first-order chi connectivity index (χ1) is 10.2. The van der Waals surface area contributed by atoms with E-state index >= 15 is 0 Å². The highest BCUT2D eigenvalue weighted by atomic mass is 16.5. The van der Waals surface area contributed by atoms with Crippen molar-refractivity contribution < 1.29 is 4.74 Å². The molecule has 0 saturated heterocycles. The molecule has 5 heteroatoms. The van der Waals surface area contributed by atoms with Crippen molar-refractivity contribution in [1.82, 2.24) is 9.97 Å². The fourth-order valence-electron chi connectivity index (χ4n) is 2.22. The summed E-state index contributed by atoms with van der Waals surface area (Å²) in [5.41, 5.74) is 0.994. The minimum absolute atomic E-state index is 0.0996. The molecular weight excluding hydrogens is 266 g/mol. The van der Waals surface area contributed by atoms with Crippen molar-refractivity contribution in [2.24, 2.45) is 0 Å². The van der Waals surface area contributed by atoms with Gasteiger partial charge in [-0.25, -0.2) is 4.98 Å². The van der Waals surface area contributed by atoms with Crippen LogP contribution in [-0.2, 0) is 6.54 Å². The van der Waals surface area contributed by atoms with E-state index in [4.69, 9.17) is 4.74 Å². The van der Waals surface area contributed by atoms with Gasteiger partial charge in [-0.1, -0.05) is 12.1 Å². The van der Waals surface area contributed by atoms with Crippen molar-refractivity contribution in [1.29, 1.82) is 0 Å². The quantitative estimate of drug-likeness (QED) is 0.856. The van der Waals surface area contributed by atoms with Gasteiger partial charge in [0.15, 0.2) is 0 Å². The molecule has 110 valence electrons. The molecule has 1 aliphatic rings. The van der Waals surface area contributed by atoms with E-state index in [1.54, 1.807) is 0 Å². The Kier molecular flexibility index (Phi) is 3.90. The van der Waals surface area contributed by atoms with Gasteiger partial charge >= 0.3 is 0 Å². The maximum absolute atomic E-state index is 11.6. The first-order valence-corrected chi connectivity index (χ1v) is 7.31. The molecular formula is C16H19N3O2. The third kappa shape index (κ3) is 3.62. The second-order valence-corrected chi connectivity index (χ2v) is 5.22. The largest absolute Gasteiger partial charge is 0.494 e. The van der Waals surface area contributed by atoms with Crippen LogP contribution in [0.1, 0.15) is 37.1 Å². The van der Waals surface area contributed by atoms with Gasteiger partial charge < -0.3 is 15.0 Å². The Morgan fingerprint density at radius 3 is 3.00 bits per heavy atom. The number of anilines is 1. The zero-order valence-corrected chi connectivity index (χ0v) is 12.1. The summed E-state index contributed by atoms with van der Waals surface area (Å²) in [7, 11) is 0. The molecule has 0 bridgehead atoms. The molecule has 2 N–H and O–H groups in total. The summed E-state index contributed by atoms with van der Waals surface area (Å²) in [5, 5.41) is 3.21. The molecule has 1 heterocycles. The van der Waals surface area contributed by atoms with Crippen LogP contribution in [0, 0.1) is 0 Å². The lowest BCUT2D eigenvalue weighted by Gasteiger charge is -2.09. The Morgan fingerprint density at radius 2 is 2.24 bits per heavy atom. The lowest BCUT2D eigenvalue weighted by Crippen LogP contribution is -2.13. The molecule has 3 rings (SSSR count). The van der Waals surface area contributed by atoms with Crippen LogP contribution in [0.5, 0.6) is 5.75 Å². The summed E-state index contributed by atoms with van der Waals surface area (Å²) in [6, 6.07) is 9.40. The fourth-order valence-corrected chi connectivity index (χ4v) is 2.22. The smallest absolute Gasteiger partial charge is 0.252 e. The van der Waals surface area contributed by atoms with Gasteiger partial charge in [0, 0.05) is 18.5 Å². The van der Waals surface area contributed by atoms with E-state index in [1.807, 2.05) is 31.2 Å². The molecule has 1 aromatic heterocycles. The molecule has 2 aromatic rings. The summed E-state index contributed by atoms with van der Waals surface area (Å²) < 4.78 is 5.48. The van der Waals surface area contributed by atoms with E-state index in [9.17, 15) is 4.79 Å². The molecule has 1 aliphatic carbocycles. The molecule has 0 radical (unpaired) electrons. The van der Waals surface area contributed by atoms with Crippen LogP contribution in [0.25, 0.3) is 0 Å². The SMILES string of the molecule is CCOc1cccc(CNc2cc(=O)[nH]c(C3CC3)n2)c1. The summed E-state index contributed by atoms with van der Waals surface area (Å²) in [6.45, 7) is 3.23. The van der Waals surface area contributed by atoms with Crippen LogP contribution in [0.4, 0.5) is 5.82 Å². The van der Waals surface area contributed by atoms with E-state index in [-0.39, 0.29) is 5.56 Å². The first-order valence-electron chi connectivity index (χ1n) is 7.31. The molecule has 1 saturated carbocycles. The van der Waals surface area contributed by atoms with E-state index in [0.29, 0.717) is 24.9 Å². The highest BCUT2D eigenvalue weighted by Crippen LogP contribution is 2.37. The van der Waals surface area contributed by atoms with Crippen molar-refractivity contribution >= 4 is 5.82 Å². The Bertz CT molecular complexity index is 677. The van der Waals surface area contributed by atoms with Crippen LogP contribution in [0.15, 0.2) is 35.1 Å². The number of H-pyrrole nitrogens is 1. The summed E-state index contributed by atoms with van der Waals surface area (Å²) in [4.78, 5) is 18.9. The average molecular weight is 285 g/mol. The number of nitrogens with one attached hydrogen (secondary N) is 2. The number of hydrogen-bond acceptors (Lipinski definition) is 4. The molecule has 0 atom stereocenters.